The van der Waals surface area contributed by atoms with Crippen molar-refractivity contribution in [3.05, 3.63) is 23.9 Å². The van der Waals surface area contributed by atoms with E-state index in [9.17, 15) is 8.42 Å². The predicted octanol–water partition coefficient (Wildman–Crippen LogP) is 1.41. The minimum absolute atomic E-state index is 0.0283. The second kappa shape index (κ2) is 4.41. The molecule has 4 nitrogen and oxygen atoms in total. The lowest BCUT2D eigenvalue weighted by atomic mass is 10.3. The van der Waals surface area contributed by atoms with Gasteiger partial charge in [-0.1, -0.05) is 6.07 Å². The Morgan fingerprint density at radius 2 is 2.25 bits per heavy atom. The van der Waals surface area contributed by atoms with E-state index < -0.39 is 9.84 Å². The van der Waals surface area contributed by atoms with Crippen LogP contribution >= 0.6 is 0 Å². The molecule has 0 aliphatic heterocycles. The summed E-state index contributed by atoms with van der Waals surface area (Å²) in [6.45, 7) is 0. The molecule has 1 fully saturated rings. The van der Waals surface area contributed by atoms with E-state index in [2.05, 4.69) is 4.98 Å². The summed E-state index contributed by atoms with van der Waals surface area (Å²) in [7, 11) is -1.52. The van der Waals surface area contributed by atoms with E-state index >= 15 is 0 Å². The van der Waals surface area contributed by atoms with Gasteiger partial charge in [0.05, 0.1) is 18.6 Å². The molecule has 0 N–H and O–H groups in total. The van der Waals surface area contributed by atoms with Crippen LogP contribution in [0.5, 0.6) is 5.88 Å². The SMILES string of the molecule is COc1ncccc1CS(=O)(=O)CC1CC1. The first-order valence-corrected chi connectivity index (χ1v) is 7.11. The largest absolute Gasteiger partial charge is 0.481 e. The minimum atomic E-state index is -3.02. The van der Waals surface area contributed by atoms with Crippen LogP contribution in [0.25, 0.3) is 0 Å². The Kier molecular flexibility index (Phi) is 3.14. The normalized spacial score (nSPS) is 16.1. The lowest BCUT2D eigenvalue weighted by Gasteiger charge is -2.07. The zero-order valence-electron chi connectivity index (χ0n) is 9.22. The summed E-state index contributed by atoms with van der Waals surface area (Å²) in [4.78, 5) is 3.99. The van der Waals surface area contributed by atoms with E-state index in [1.54, 1.807) is 18.3 Å². The Hall–Kier alpha value is -1.10. The Labute approximate surface area is 95.6 Å². The summed E-state index contributed by atoms with van der Waals surface area (Å²) in [6, 6.07) is 3.47. The first-order valence-electron chi connectivity index (χ1n) is 5.29. The number of aromatic nitrogens is 1. The fourth-order valence-electron chi connectivity index (χ4n) is 1.66. The fourth-order valence-corrected chi connectivity index (χ4v) is 3.52. The van der Waals surface area contributed by atoms with E-state index in [1.165, 1.54) is 7.11 Å². The molecule has 0 aromatic carbocycles. The van der Waals surface area contributed by atoms with Crippen LogP contribution < -0.4 is 4.74 Å². The number of nitrogens with zero attached hydrogens (tertiary/aromatic N) is 1. The van der Waals surface area contributed by atoms with Crippen molar-refractivity contribution in [2.45, 2.75) is 18.6 Å². The number of ether oxygens (including phenoxy) is 1. The molecule has 88 valence electrons. The second-order valence-corrected chi connectivity index (χ2v) is 6.28. The number of pyridine rings is 1. The zero-order chi connectivity index (χ0) is 11.6. The first-order chi connectivity index (χ1) is 7.61. The molecular formula is C11H15NO3S. The maximum absolute atomic E-state index is 11.8. The number of methoxy groups -OCH3 is 1. The molecule has 2 rings (SSSR count). The maximum atomic E-state index is 11.8. The van der Waals surface area contributed by atoms with E-state index in [-0.39, 0.29) is 5.75 Å². The van der Waals surface area contributed by atoms with E-state index in [1.807, 2.05) is 0 Å². The highest BCUT2D eigenvalue weighted by molar-refractivity contribution is 7.90. The van der Waals surface area contributed by atoms with Gasteiger partial charge in [0.15, 0.2) is 9.84 Å². The van der Waals surface area contributed by atoms with Crippen LogP contribution in [-0.2, 0) is 15.6 Å². The molecule has 1 heterocycles. The summed E-state index contributed by atoms with van der Waals surface area (Å²) < 4.78 is 28.7. The smallest absolute Gasteiger partial charge is 0.217 e. The van der Waals surface area contributed by atoms with Crippen molar-refractivity contribution in [1.82, 2.24) is 4.98 Å². The molecule has 0 saturated heterocycles. The van der Waals surface area contributed by atoms with Gasteiger partial charge in [-0.05, 0) is 24.8 Å². The molecule has 1 aromatic rings. The third-order valence-electron chi connectivity index (χ3n) is 2.61. The van der Waals surface area contributed by atoms with E-state index in [0.717, 1.165) is 12.8 Å². The van der Waals surface area contributed by atoms with Gasteiger partial charge in [-0.15, -0.1) is 0 Å². The summed E-state index contributed by atoms with van der Waals surface area (Å²) in [5.74, 6) is 1.11. The van der Waals surface area contributed by atoms with Gasteiger partial charge < -0.3 is 4.74 Å². The fraction of sp³-hybridized carbons (Fsp3) is 0.545. The third kappa shape index (κ3) is 2.95. The molecule has 1 saturated carbocycles. The lowest BCUT2D eigenvalue weighted by molar-refractivity contribution is 0.394. The Bertz CT molecular complexity index is 466. The number of sulfone groups is 1. The van der Waals surface area contributed by atoms with Crippen LogP contribution in [0, 0.1) is 5.92 Å². The van der Waals surface area contributed by atoms with Crippen molar-refractivity contribution in [2.24, 2.45) is 5.92 Å². The standard InChI is InChI=1S/C11H15NO3S/c1-15-11-10(3-2-6-12-11)8-16(13,14)7-9-4-5-9/h2-3,6,9H,4-5,7-8H2,1H3. The van der Waals surface area contributed by atoms with Gasteiger partial charge in [-0.2, -0.15) is 0 Å². The number of rotatable bonds is 5. The van der Waals surface area contributed by atoms with Gasteiger partial charge >= 0.3 is 0 Å². The second-order valence-electron chi connectivity index (χ2n) is 4.17. The Morgan fingerprint density at radius 3 is 2.88 bits per heavy atom. The van der Waals surface area contributed by atoms with Crippen LogP contribution in [-0.4, -0.2) is 26.3 Å². The number of hydrogen-bond acceptors (Lipinski definition) is 4. The quantitative estimate of drug-likeness (QED) is 0.782. The topological polar surface area (TPSA) is 56.3 Å². The molecule has 0 spiro atoms. The molecular weight excluding hydrogens is 226 g/mol. The van der Waals surface area contributed by atoms with Crippen molar-refractivity contribution in [3.8, 4) is 5.88 Å². The highest BCUT2D eigenvalue weighted by atomic mass is 32.2. The summed E-state index contributed by atoms with van der Waals surface area (Å²) in [5, 5.41) is 0. The summed E-state index contributed by atoms with van der Waals surface area (Å²) >= 11 is 0. The van der Waals surface area contributed by atoms with Crippen molar-refractivity contribution >= 4 is 9.84 Å². The molecule has 1 aromatic heterocycles. The number of hydrogen-bond donors (Lipinski definition) is 0. The van der Waals surface area contributed by atoms with Crippen LogP contribution in [0.4, 0.5) is 0 Å². The van der Waals surface area contributed by atoms with Crippen LogP contribution in [0.1, 0.15) is 18.4 Å². The van der Waals surface area contributed by atoms with Crippen molar-refractivity contribution < 1.29 is 13.2 Å². The minimum Gasteiger partial charge on any atom is -0.481 e. The Balaban J connectivity index is 2.12. The third-order valence-corrected chi connectivity index (χ3v) is 4.34. The van der Waals surface area contributed by atoms with Crippen molar-refractivity contribution in [2.75, 3.05) is 12.9 Å². The molecule has 0 radical (unpaired) electrons. The monoisotopic (exact) mass is 241 g/mol. The van der Waals surface area contributed by atoms with Gasteiger partial charge in [0.2, 0.25) is 5.88 Å². The first kappa shape index (κ1) is 11.4. The predicted molar refractivity (Wildman–Crippen MR) is 61.0 cm³/mol. The van der Waals surface area contributed by atoms with Crippen LogP contribution in [0.3, 0.4) is 0 Å². The summed E-state index contributed by atoms with van der Waals surface area (Å²) in [5.41, 5.74) is 0.644. The average molecular weight is 241 g/mol. The van der Waals surface area contributed by atoms with Crippen LogP contribution in [0.2, 0.25) is 0 Å². The molecule has 0 unspecified atom stereocenters. The Morgan fingerprint density at radius 1 is 1.50 bits per heavy atom. The van der Waals surface area contributed by atoms with Crippen molar-refractivity contribution in [1.29, 1.82) is 0 Å². The van der Waals surface area contributed by atoms with Gasteiger partial charge in [-0.3, -0.25) is 0 Å². The highest BCUT2D eigenvalue weighted by Crippen LogP contribution is 2.31. The molecule has 1 aliphatic carbocycles. The van der Waals surface area contributed by atoms with E-state index in [0.29, 0.717) is 23.1 Å². The van der Waals surface area contributed by atoms with Crippen LogP contribution in [0.15, 0.2) is 18.3 Å². The van der Waals surface area contributed by atoms with E-state index in [4.69, 9.17) is 4.74 Å². The van der Waals surface area contributed by atoms with Gasteiger partial charge in [-0.25, -0.2) is 13.4 Å². The lowest BCUT2D eigenvalue weighted by Crippen LogP contribution is -2.11. The molecule has 0 amide bonds. The maximum Gasteiger partial charge on any atom is 0.217 e. The van der Waals surface area contributed by atoms with Gasteiger partial charge in [0, 0.05) is 11.8 Å². The molecule has 0 atom stereocenters. The average Bonchev–Trinajstić information content (AvgIpc) is 3.01. The zero-order valence-corrected chi connectivity index (χ0v) is 10.0. The van der Waals surface area contributed by atoms with Crippen molar-refractivity contribution in [3.63, 3.8) is 0 Å². The molecule has 1 aliphatic rings. The summed E-state index contributed by atoms with van der Waals surface area (Å²) in [6.07, 6.45) is 3.68. The molecule has 5 heteroatoms. The van der Waals surface area contributed by atoms with Gasteiger partial charge in [0.1, 0.15) is 0 Å². The van der Waals surface area contributed by atoms with Gasteiger partial charge in [0.25, 0.3) is 0 Å². The molecule has 0 bridgehead atoms. The molecule has 16 heavy (non-hydrogen) atoms. The highest BCUT2D eigenvalue weighted by Gasteiger charge is 2.28.